The zero-order valence-corrected chi connectivity index (χ0v) is 10.9. The maximum Gasteiger partial charge on any atom is 0.161 e. The van der Waals surface area contributed by atoms with E-state index in [1.165, 1.54) is 0 Å². The van der Waals surface area contributed by atoms with Crippen LogP contribution in [-0.4, -0.2) is 30.6 Å². The van der Waals surface area contributed by atoms with Crippen LogP contribution < -0.4 is 14.8 Å². The molecule has 2 rings (SSSR count). The number of halogens is 2. The van der Waals surface area contributed by atoms with Gasteiger partial charge in [0.05, 0.1) is 0 Å². The Labute approximate surface area is 111 Å². The van der Waals surface area contributed by atoms with E-state index in [1.807, 2.05) is 24.3 Å². The van der Waals surface area contributed by atoms with Gasteiger partial charge in [-0.05, 0) is 25.1 Å². The summed E-state index contributed by atoms with van der Waals surface area (Å²) in [6.07, 6.45) is 0.766. The number of para-hydroxylation sites is 2. The van der Waals surface area contributed by atoms with Gasteiger partial charge in [-0.15, -0.1) is 23.2 Å². The van der Waals surface area contributed by atoms with Gasteiger partial charge in [-0.2, -0.15) is 0 Å². The smallest absolute Gasteiger partial charge is 0.161 e. The van der Waals surface area contributed by atoms with Gasteiger partial charge < -0.3 is 14.8 Å². The van der Waals surface area contributed by atoms with Crippen molar-refractivity contribution in [2.45, 2.75) is 17.4 Å². The molecule has 0 saturated heterocycles. The maximum absolute atomic E-state index is 5.79. The summed E-state index contributed by atoms with van der Waals surface area (Å²) in [5.74, 6) is 1.61. The second-order valence-corrected chi connectivity index (χ2v) is 5.16. The summed E-state index contributed by atoms with van der Waals surface area (Å²) in [5.41, 5.74) is 0. The molecule has 0 aliphatic carbocycles. The first-order chi connectivity index (χ1) is 8.25. The summed E-state index contributed by atoms with van der Waals surface area (Å²) in [6.45, 7) is 2.07. The summed E-state index contributed by atoms with van der Waals surface area (Å²) in [4.78, 5) is -0.313. The van der Waals surface area contributed by atoms with Crippen molar-refractivity contribution in [2.24, 2.45) is 0 Å². The van der Waals surface area contributed by atoms with Crippen LogP contribution in [0.5, 0.6) is 11.5 Å². The van der Waals surface area contributed by atoms with Crippen molar-refractivity contribution in [3.8, 4) is 11.5 Å². The SMILES string of the molecule is ClC(Cl)CCNC[C@@H]1COc2ccccc2O1. The molecule has 1 heterocycles. The quantitative estimate of drug-likeness (QED) is 0.662. The van der Waals surface area contributed by atoms with Crippen molar-refractivity contribution in [1.82, 2.24) is 5.32 Å². The van der Waals surface area contributed by atoms with E-state index in [4.69, 9.17) is 32.7 Å². The number of rotatable bonds is 5. The van der Waals surface area contributed by atoms with E-state index < -0.39 is 0 Å². The minimum Gasteiger partial charge on any atom is -0.486 e. The molecule has 17 heavy (non-hydrogen) atoms. The Bertz CT molecular complexity index is 360. The lowest BCUT2D eigenvalue weighted by Crippen LogP contribution is -2.39. The Balaban J connectivity index is 1.75. The van der Waals surface area contributed by atoms with Crippen LogP contribution in [0, 0.1) is 0 Å². The highest BCUT2D eigenvalue weighted by molar-refractivity contribution is 6.44. The molecule has 1 aliphatic rings. The molecule has 1 atom stereocenters. The highest BCUT2D eigenvalue weighted by Crippen LogP contribution is 2.30. The van der Waals surface area contributed by atoms with Gasteiger partial charge in [-0.3, -0.25) is 0 Å². The minimum atomic E-state index is -0.313. The molecule has 5 heteroatoms. The van der Waals surface area contributed by atoms with Crippen molar-refractivity contribution in [1.29, 1.82) is 0 Å². The number of benzene rings is 1. The summed E-state index contributed by atoms with van der Waals surface area (Å²) in [5, 5.41) is 3.24. The zero-order valence-electron chi connectivity index (χ0n) is 9.36. The average molecular weight is 276 g/mol. The molecule has 1 aromatic carbocycles. The molecule has 1 aromatic rings. The van der Waals surface area contributed by atoms with Gasteiger partial charge in [0, 0.05) is 6.54 Å². The van der Waals surface area contributed by atoms with Crippen LogP contribution in [0.15, 0.2) is 24.3 Å². The largest absolute Gasteiger partial charge is 0.486 e. The summed E-state index contributed by atoms with van der Waals surface area (Å²) >= 11 is 11.3. The van der Waals surface area contributed by atoms with Crippen LogP contribution in [0.3, 0.4) is 0 Å². The summed E-state index contributed by atoms with van der Waals surface area (Å²) < 4.78 is 11.4. The van der Waals surface area contributed by atoms with E-state index in [0.29, 0.717) is 6.61 Å². The Hall–Kier alpha value is -0.640. The van der Waals surface area contributed by atoms with E-state index in [1.54, 1.807) is 0 Å². The third-order valence-corrected chi connectivity index (χ3v) is 2.92. The number of fused-ring (bicyclic) bond motifs is 1. The first-order valence-electron chi connectivity index (χ1n) is 5.63. The normalized spacial score (nSPS) is 18.4. The Morgan fingerprint density at radius 1 is 1.29 bits per heavy atom. The van der Waals surface area contributed by atoms with Gasteiger partial charge in [0.25, 0.3) is 0 Å². The maximum atomic E-state index is 5.79. The summed E-state index contributed by atoms with van der Waals surface area (Å²) in [6, 6.07) is 7.69. The van der Waals surface area contributed by atoms with E-state index in [-0.39, 0.29) is 10.9 Å². The zero-order chi connectivity index (χ0) is 12.1. The number of ether oxygens (including phenoxy) is 2. The fraction of sp³-hybridized carbons (Fsp3) is 0.500. The van der Waals surface area contributed by atoms with Gasteiger partial charge in [-0.25, -0.2) is 0 Å². The van der Waals surface area contributed by atoms with E-state index in [9.17, 15) is 0 Å². The standard InChI is InChI=1S/C12H15Cl2NO2/c13-12(14)5-6-15-7-9-8-16-10-3-1-2-4-11(10)17-9/h1-4,9,12,15H,5-8H2/t9-/m1/s1. The molecule has 0 saturated carbocycles. The van der Waals surface area contributed by atoms with Gasteiger partial charge in [0.1, 0.15) is 17.5 Å². The van der Waals surface area contributed by atoms with E-state index in [2.05, 4.69) is 5.32 Å². The van der Waals surface area contributed by atoms with Crippen molar-refractivity contribution in [3.63, 3.8) is 0 Å². The molecule has 0 unspecified atom stereocenters. The highest BCUT2D eigenvalue weighted by atomic mass is 35.5. The molecule has 0 amide bonds. The van der Waals surface area contributed by atoms with Crippen LogP contribution in [0.25, 0.3) is 0 Å². The first-order valence-corrected chi connectivity index (χ1v) is 6.50. The molecular weight excluding hydrogens is 261 g/mol. The molecular formula is C12H15Cl2NO2. The lowest BCUT2D eigenvalue weighted by molar-refractivity contribution is 0.0906. The van der Waals surface area contributed by atoms with Crippen LogP contribution in [-0.2, 0) is 0 Å². The third kappa shape index (κ3) is 3.95. The van der Waals surface area contributed by atoms with Crippen LogP contribution in [0.1, 0.15) is 6.42 Å². The molecule has 0 aromatic heterocycles. The summed E-state index contributed by atoms with van der Waals surface area (Å²) in [7, 11) is 0. The van der Waals surface area contributed by atoms with Gasteiger partial charge in [-0.1, -0.05) is 12.1 Å². The predicted molar refractivity (Wildman–Crippen MR) is 69.3 cm³/mol. The highest BCUT2D eigenvalue weighted by Gasteiger charge is 2.19. The van der Waals surface area contributed by atoms with Gasteiger partial charge >= 0.3 is 0 Å². The van der Waals surface area contributed by atoms with E-state index in [0.717, 1.165) is 31.0 Å². The Kier molecular flexibility index (Phi) is 4.77. The Morgan fingerprint density at radius 2 is 2.06 bits per heavy atom. The molecule has 0 bridgehead atoms. The molecule has 94 valence electrons. The second-order valence-electron chi connectivity index (χ2n) is 3.88. The fourth-order valence-electron chi connectivity index (χ4n) is 1.64. The van der Waals surface area contributed by atoms with Gasteiger partial charge in [0.15, 0.2) is 11.5 Å². The number of hydrogen-bond donors (Lipinski definition) is 1. The van der Waals surface area contributed by atoms with Gasteiger partial charge in [0.2, 0.25) is 0 Å². The second kappa shape index (κ2) is 6.34. The monoisotopic (exact) mass is 275 g/mol. The number of nitrogens with one attached hydrogen (secondary N) is 1. The van der Waals surface area contributed by atoms with Crippen LogP contribution in [0.2, 0.25) is 0 Å². The number of alkyl halides is 2. The third-order valence-electron chi connectivity index (χ3n) is 2.48. The van der Waals surface area contributed by atoms with Crippen molar-refractivity contribution < 1.29 is 9.47 Å². The first kappa shape index (κ1) is 12.8. The lowest BCUT2D eigenvalue weighted by Gasteiger charge is -2.26. The molecule has 1 N–H and O–H groups in total. The Morgan fingerprint density at radius 3 is 2.82 bits per heavy atom. The molecule has 3 nitrogen and oxygen atoms in total. The molecule has 0 spiro atoms. The minimum absolute atomic E-state index is 0.0361. The molecule has 0 radical (unpaired) electrons. The fourth-order valence-corrected chi connectivity index (χ4v) is 1.86. The van der Waals surface area contributed by atoms with Crippen molar-refractivity contribution >= 4 is 23.2 Å². The van der Waals surface area contributed by atoms with E-state index >= 15 is 0 Å². The topological polar surface area (TPSA) is 30.5 Å². The molecule has 1 aliphatic heterocycles. The van der Waals surface area contributed by atoms with Crippen LogP contribution in [0.4, 0.5) is 0 Å². The van der Waals surface area contributed by atoms with Crippen molar-refractivity contribution in [3.05, 3.63) is 24.3 Å². The number of hydrogen-bond acceptors (Lipinski definition) is 3. The molecule has 0 fully saturated rings. The van der Waals surface area contributed by atoms with Crippen LogP contribution >= 0.6 is 23.2 Å². The van der Waals surface area contributed by atoms with Crippen molar-refractivity contribution in [2.75, 3.05) is 19.7 Å². The average Bonchev–Trinajstić information content (AvgIpc) is 2.34. The lowest BCUT2D eigenvalue weighted by atomic mass is 10.2. The predicted octanol–water partition coefficient (Wildman–Crippen LogP) is 2.61.